The molecule has 4 nitrogen and oxygen atoms in total. The van der Waals surface area contributed by atoms with Crippen molar-refractivity contribution in [3.63, 3.8) is 0 Å². The molecule has 0 heterocycles. The maximum atomic E-state index is 12.1. The van der Waals surface area contributed by atoms with Gasteiger partial charge in [0, 0.05) is 19.2 Å². The van der Waals surface area contributed by atoms with Crippen molar-refractivity contribution in [2.45, 2.75) is 52.6 Å². The van der Waals surface area contributed by atoms with Crippen molar-refractivity contribution >= 4 is 14.2 Å². The number of rotatable bonds is 2. The number of ether oxygens (including phenoxy) is 1. The van der Waals surface area contributed by atoms with Crippen LogP contribution in [0.3, 0.4) is 0 Å². The largest absolute Gasteiger partial charge is 0.444 e. The van der Waals surface area contributed by atoms with Crippen LogP contribution in [0, 0.1) is 22.8 Å². The summed E-state index contributed by atoms with van der Waals surface area (Å²) in [6.07, 6.45) is -0.389. The van der Waals surface area contributed by atoms with Crippen LogP contribution in [-0.2, 0) is 11.3 Å². The standard InChI is InChI=1S/C19H26N2O2Si/c1-19(2,3)23-18(22)21(4)14-17-11-15(8-9-24(5,6)7)10-16(12-17)13-20/h10-12H,14H2,1-7H3. The molecular formula is C19H26N2O2Si. The molecule has 128 valence electrons. The van der Waals surface area contributed by atoms with Crippen LogP contribution in [-0.4, -0.2) is 31.7 Å². The third kappa shape index (κ3) is 7.35. The molecule has 0 fully saturated rings. The zero-order valence-electron chi connectivity index (χ0n) is 15.7. The molecule has 0 aromatic heterocycles. The second kappa shape index (κ2) is 7.55. The van der Waals surface area contributed by atoms with E-state index in [0.29, 0.717) is 12.1 Å². The van der Waals surface area contributed by atoms with E-state index in [-0.39, 0.29) is 6.09 Å². The van der Waals surface area contributed by atoms with Crippen LogP contribution in [0.1, 0.15) is 37.5 Å². The first-order valence-electron chi connectivity index (χ1n) is 7.91. The summed E-state index contributed by atoms with van der Waals surface area (Å²) in [5, 5.41) is 9.22. The van der Waals surface area contributed by atoms with Crippen molar-refractivity contribution in [3.8, 4) is 17.5 Å². The number of hydrogen-bond acceptors (Lipinski definition) is 3. The highest BCUT2D eigenvalue weighted by molar-refractivity contribution is 6.83. The van der Waals surface area contributed by atoms with Gasteiger partial charge < -0.3 is 9.64 Å². The summed E-state index contributed by atoms with van der Waals surface area (Å²) in [6, 6.07) is 7.64. The van der Waals surface area contributed by atoms with E-state index < -0.39 is 13.7 Å². The second-order valence-electron chi connectivity index (χ2n) is 7.87. The summed E-state index contributed by atoms with van der Waals surface area (Å²) < 4.78 is 5.35. The highest BCUT2D eigenvalue weighted by Gasteiger charge is 2.19. The fourth-order valence-corrected chi connectivity index (χ4v) is 2.38. The predicted molar refractivity (Wildman–Crippen MR) is 99.1 cm³/mol. The van der Waals surface area contributed by atoms with E-state index in [2.05, 4.69) is 37.2 Å². The van der Waals surface area contributed by atoms with E-state index in [4.69, 9.17) is 4.74 Å². The monoisotopic (exact) mass is 342 g/mol. The molecule has 0 unspecified atom stereocenters. The van der Waals surface area contributed by atoms with Gasteiger partial charge in [-0.1, -0.05) is 25.6 Å². The Kier molecular flexibility index (Phi) is 6.23. The van der Waals surface area contributed by atoms with Gasteiger partial charge in [-0.2, -0.15) is 5.26 Å². The fourth-order valence-electron chi connectivity index (χ4n) is 1.86. The lowest BCUT2D eigenvalue weighted by Gasteiger charge is -2.24. The first-order chi connectivity index (χ1) is 10.9. The normalized spacial score (nSPS) is 11.1. The first kappa shape index (κ1) is 19.8. The number of carbonyl (C=O) groups excluding carboxylic acids is 1. The van der Waals surface area contributed by atoms with Crippen molar-refractivity contribution < 1.29 is 9.53 Å². The fraction of sp³-hybridized carbons (Fsp3) is 0.474. The summed E-state index contributed by atoms with van der Waals surface area (Å²) in [5.41, 5.74) is 4.98. The van der Waals surface area contributed by atoms with Gasteiger partial charge in [-0.25, -0.2) is 4.79 Å². The minimum Gasteiger partial charge on any atom is -0.444 e. The average Bonchev–Trinajstić information content (AvgIpc) is 2.42. The van der Waals surface area contributed by atoms with Gasteiger partial charge in [-0.05, 0) is 44.5 Å². The molecule has 1 rings (SSSR count). The minimum atomic E-state index is -1.49. The summed E-state index contributed by atoms with van der Waals surface area (Å²) in [6.45, 7) is 12.4. The van der Waals surface area contributed by atoms with Crippen LogP contribution in [0.25, 0.3) is 0 Å². The predicted octanol–water partition coefficient (Wildman–Crippen LogP) is 4.15. The Balaban J connectivity index is 3.01. The van der Waals surface area contributed by atoms with E-state index in [0.717, 1.165) is 11.1 Å². The molecule has 0 aliphatic carbocycles. The van der Waals surface area contributed by atoms with Crippen LogP contribution in [0.5, 0.6) is 0 Å². The van der Waals surface area contributed by atoms with E-state index in [1.807, 2.05) is 26.8 Å². The third-order valence-corrected chi connectivity index (χ3v) is 3.70. The molecule has 24 heavy (non-hydrogen) atoms. The molecule has 0 bridgehead atoms. The molecule has 0 spiro atoms. The van der Waals surface area contributed by atoms with Crippen molar-refractivity contribution in [3.05, 3.63) is 34.9 Å². The van der Waals surface area contributed by atoms with Gasteiger partial charge >= 0.3 is 6.09 Å². The Labute approximate surface area is 146 Å². The van der Waals surface area contributed by atoms with E-state index >= 15 is 0 Å². The number of carbonyl (C=O) groups is 1. The van der Waals surface area contributed by atoms with Gasteiger partial charge in [0.1, 0.15) is 13.7 Å². The molecule has 0 atom stereocenters. The smallest absolute Gasteiger partial charge is 0.410 e. The zero-order chi connectivity index (χ0) is 18.5. The van der Waals surface area contributed by atoms with E-state index in [1.165, 1.54) is 4.90 Å². The summed E-state index contributed by atoms with van der Waals surface area (Å²) in [5.74, 6) is 3.17. The van der Waals surface area contributed by atoms with E-state index in [9.17, 15) is 10.1 Å². The Morgan fingerprint density at radius 2 is 1.79 bits per heavy atom. The number of nitriles is 1. The maximum Gasteiger partial charge on any atom is 0.410 e. The number of amides is 1. The second-order valence-corrected chi connectivity index (χ2v) is 12.6. The molecule has 1 aromatic rings. The van der Waals surface area contributed by atoms with Gasteiger partial charge in [0.25, 0.3) is 0 Å². The number of nitrogens with zero attached hydrogens (tertiary/aromatic N) is 2. The van der Waals surface area contributed by atoms with Gasteiger partial charge in [-0.15, -0.1) is 5.54 Å². The lowest BCUT2D eigenvalue weighted by Crippen LogP contribution is -2.33. The Morgan fingerprint density at radius 1 is 1.21 bits per heavy atom. The molecule has 0 saturated heterocycles. The van der Waals surface area contributed by atoms with E-state index in [1.54, 1.807) is 19.2 Å². The van der Waals surface area contributed by atoms with Gasteiger partial charge in [0.05, 0.1) is 11.6 Å². The SMILES string of the molecule is CN(Cc1cc(C#N)cc(C#C[Si](C)(C)C)c1)C(=O)OC(C)(C)C. The number of benzene rings is 1. The summed E-state index contributed by atoms with van der Waals surface area (Å²) in [4.78, 5) is 13.6. The molecule has 5 heteroatoms. The minimum absolute atomic E-state index is 0.367. The maximum absolute atomic E-state index is 12.1. The van der Waals surface area contributed by atoms with Crippen molar-refractivity contribution in [1.29, 1.82) is 5.26 Å². The van der Waals surface area contributed by atoms with Gasteiger partial charge in [0.2, 0.25) is 0 Å². The highest BCUT2D eigenvalue weighted by atomic mass is 28.3. The molecule has 0 radical (unpaired) electrons. The third-order valence-electron chi connectivity index (χ3n) is 2.83. The van der Waals surface area contributed by atoms with Gasteiger partial charge in [-0.3, -0.25) is 0 Å². The van der Waals surface area contributed by atoms with Crippen molar-refractivity contribution in [1.82, 2.24) is 4.90 Å². The van der Waals surface area contributed by atoms with Crippen LogP contribution in [0.15, 0.2) is 18.2 Å². The van der Waals surface area contributed by atoms with Gasteiger partial charge in [0.15, 0.2) is 0 Å². The molecule has 1 aromatic carbocycles. The van der Waals surface area contributed by atoms with Crippen molar-refractivity contribution in [2.75, 3.05) is 7.05 Å². The zero-order valence-corrected chi connectivity index (χ0v) is 16.7. The van der Waals surface area contributed by atoms with Crippen LogP contribution >= 0.6 is 0 Å². The Morgan fingerprint density at radius 3 is 2.29 bits per heavy atom. The summed E-state index contributed by atoms with van der Waals surface area (Å²) in [7, 11) is 0.191. The molecule has 0 aliphatic heterocycles. The molecule has 0 aliphatic rings. The average molecular weight is 343 g/mol. The van der Waals surface area contributed by atoms with Crippen LogP contribution in [0.2, 0.25) is 19.6 Å². The summed E-state index contributed by atoms with van der Waals surface area (Å²) >= 11 is 0. The Bertz CT molecular complexity index is 710. The van der Waals surface area contributed by atoms with Crippen LogP contribution in [0.4, 0.5) is 4.79 Å². The number of hydrogen-bond donors (Lipinski definition) is 0. The molecular weight excluding hydrogens is 316 g/mol. The highest BCUT2D eigenvalue weighted by Crippen LogP contribution is 2.14. The quantitative estimate of drug-likeness (QED) is 0.599. The first-order valence-corrected chi connectivity index (χ1v) is 11.4. The van der Waals surface area contributed by atoms with Crippen molar-refractivity contribution in [2.24, 2.45) is 0 Å². The molecule has 0 N–H and O–H groups in total. The molecule has 1 amide bonds. The Hall–Kier alpha value is -2.24. The lowest BCUT2D eigenvalue weighted by molar-refractivity contribution is 0.0285. The van der Waals surface area contributed by atoms with Crippen LogP contribution < -0.4 is 0 Å². The lowest BCUT2D eigenvalue weighted by atomic mass is 10.1. The molecule has 0 saturated carbocycles. The topological polar surface area (TPSA) is 53.3 Å².